The van der Waals surface area contributed by atoms with Crippen molar-refractivity contribution in [2.24, 2.45) is 0 Å². The largest absolute Gasteiger partial charge is 0.353 e. The number of pyridine rings is 2. The first-order chi connectivity index (χ1) is 9.22. The second-order valence-electron chi connectivity index (χ2n) is 4.68. The maximum Gasteiger partial charge on any atom is 0.183 e. The van der Waals surface area contributed by atoms with E-state index in [1.165, 1.54) is 0 Å². The van der Waals surface area contributed by atoms with Gasteiger partial charge in [-0.1, -0.05) is 17.7 Å². The smallest absolute Gasteiger partial charge is 0.183 e. The lowest BCUT2D eigenvalue weighted by molar-refractivity contribution is 0.554. The van der Waals surface area contributed by atoms with E-state index in [4.69, 9.17) is 11.6 Å². The van der Waals surface area contributed by atoms with E-state index in [9.17, 15) is 4.79 Å². The normalized spacial score (nSPS) is 14.3. The van der Waals surface area contributed by atoms with Gasteiger partial charge in [-0.3, -0.25) is 4.79 Å². The highest BCUT2D eigenvalue weighted by Gasteiger charge is 2.16. The van der Waals surface area contributed by atoms with Crippen LogP contribution in [0.1, 0.15) is 12.0 Å². The summed E-state index contributed by atoms with van der Waals surface area (Å²) in [4.78, 5) is 17.8. The van der Waals surface area contributed by atoms with Crippen LogP contribution in [0.2, 0.25) is 5.15 Å². The maximum atomic E-state index is 11.5. The summed E-state index contributed by atoms with van der Waals surface area (Å²) in [5.74, 6) is 0.980. The summed E-state index contributed by atoms with van der Waals surface area (Å²) in [6.45, 7) is 2.66. The monoisotopic (exact) mass is 275 g/mol. The number of aryl methyl sites for hydroxylation is 1. The summed E-state index contributed by atoms with van der Waals surface area (Å²) in [5, 5.41) is 0.499. The second-order valence-corrected chi connectivity index (χ2v) is 5.07. The highest BCUT2D eigenvalue weighted by atomic mass is 35.5. The van der Waals surface area contributed by atoms with Crippen LogP contribution in [0.4, 0.5) is 5.82 Å². The molecule has 98 valence electrons. The van der Waals surface area contributed by atoms with Gasteiger partial charge in [-0.25, -0.2) is 4.98 Å². The third-order valence-corrected chi connectivity index (χ3v) is 3.52. The fourth-order valence-corrected chi connectivity index (χ4v) is 2.50. The van der Waals surface area contributed by atoms with Crippen molar-refractivity contribution < 1.29 is 0 Å². The maximum absolute atomic E-state index is 11.5. The van der Waals surface area contributed by atoms with E-state index in [-0.39, 0.29) is 5.43 Å². The van der Waals surface area contributed by atoms with E-state index in [2.05, 4.69) is 14.5 Å². The molecule has 0 amide bonds. The molecule has 0 N–H and O–H groups in total. The lowest BCUT2D eigenvalue weighted by Gasteiger charge is -2.32. The van der Waals surface area contributed by atoms with Crippen molar-refractivity contribution in [1.29, 1.82) is 0 Å². The standard InChI is InChI=1S/C14H14ClN3O/c15-13-3-2-11(9-16-13)10-18-6-1-5-17-7-4-12(19)8-14(17)18/h2-4,7-9H,1,5-6,10H2. The molecule has 0 aromatic carbocycles. The predicted octanol–water partition coefficient (Wildman–Crippen LogP) is 2.31. The number of aromatic nitrogens is 2. The van der Waals surface area contributed by atoms with Gasteiger partial charge in [0.05, 0.1) is 0 Å². The van der Waals surface area contributed by atoms with Gasteiger partial charge in [0.15, 0.2) is 5.43 Å². The molecule has 1 aliphatic heterocycles. The Kier molecular flexibility index (Phi) is 3.25. The van der Waals surface area contributed by atoms with Crippen molar-refractivity contribution in [1.82, 2.24) is 9.55 Å². The number of rotatable bonds is 2. The van der Waals surface area contributed by atoms with Gasteiger partial charge in [-0.15, -0.1) is 0 Å². The minimum atomic E-state index is 0.0485. The zero-order valence-corrected chi connectivity index (χ0v) is 11.2. The summed E-state index contributed by atoms with van der Waals surface area (Å²) >= 11 is 5.79. The molecule has 0 unspecified atom stereocenters. The van der Waals surface area contributed by atoms with E-state index >= 15 is 0 Å². The average molecular weight is 276 g/mol. The van der Waals surface area contributed by atoms with Crippen LogP contribution in [0.25, 0.3) is 0 Å². The Morgan fingerprint density at radius 3 is 2.95 bits per heavy atom. The van der Waals surface area contributed by atoms with Crippen LogP contribution >= 0.6 is 11.6 Å². The Labute approximate surface area is 116 Å². The van der Waals surface area contributed by atoms with Crippen LogP contribution < -0.4 is 10.3 Å². The molecule has 3 heterocycles. The van der Waals surface area contributed by atoms with E-state index in [1.54, 1.807) is 24.4 Å². The number of nitrogens with zero attached hydrogens (tertiary/aromatic N) is 3. The first kappa shape index (κ1) is 12.2. The highest BCUT2D eigenvalue weighted by Crippen LogP contribution is 2.21. The summed E-state index contributed by atoms with van der Waals surface area (Å²) in [7, 11) is 0. The molecule has 5 heteroatoms. The first-order valence-corrected chi connectivity index (χ1v) is 6.66. The first-order valence-electron chi connectivity index (χ1n) is 6.28. The van der Waals surface area contributed by atoms with Crippen LogP contribution in [0.3, 0.4) is 0 Å². The zero-order chi connectivity index (χ0) is 13.2. The van der Waals surface area contributed by atoms with Crippen molar-refractivity contribution >= 4 is 17.4 Å². The highest BCUT2D eigenvalue weighted by molar-refractivity contribution is 6.29. The Morgan fingerprint density at radius 1 is 1.26 bits per heavy atom. The molecular weight excluding hydrogens is 262 g/mol. The van der Waals surface area contributed by atoms with Crippen LogP contribution in [-0.4, -0.2) is 16.1 Å². The number of anilines is 1. The van der Waals surface area contributed by atoms with Gasteiger partial charge in [0.1, 0.15) is 11.0 Å². The Bertz CT molecular complexity index is 636. The molecule has 0 bridgehead atoms. The van der Waals surface area contributed by atoms with Crippen molar-refractivity contribution in [2.75, 3.05) is 11.4 Å². The molecule has 2 aromatic rings. The van der Waals surface area contributed by atoms with E-state index < -0.39 is 0 Å². The minimum absolute atomic E-state index is 0.0485. The molecule has 0 saturated heterocycles. The molecule has 0 saturated carbocycles. The van der Waals surface area contributed by atoms with Gasteiger partial charge < -0.3 is 9.47 Å². The second kappa shape index (κ2) is 5.05. The summed E-state index contributed by atoms with van der Waals surface area (Å²) in [6, 6.07) is 7.06. The fourth-order valence-electron chi connectivity index (χ4n) is 2.39. The molecule has 0 radical (unpaired) electrons. The Balaban J connectivity index is 1.89. The molecule has 0 atom stereocenters. The lowest BCUT2D eigenvalue weighted by Crippen LogP contribution is -2.33. The molecule has 0 spiro atoms. The van der Waals surface area contributed by atoms with Crippen LogP contribution in [-0.2, 0) is 13.1 Å². The van der Waals surface area contributed by atoms with Crippen LogP contribution in [0.15, 0.2) is 41.5 Å². The predicted molar refractivity (Wildman–Crippen MR) is 75.6 cm³/mol. The van der Waals surface area contributed by atoms with Gasteiger partial charge in [-0.05, 0) is 18.1 Å². The summed E-state index contributed by atoms with van der Waals surface area (Å²) in [6.07, 6.45) is 4.73. The SMILES string of the molecule is O=c1ccn2c(c1)N(Cc1ccc(Cl)nc1)CCC2. The summed E-state index contributed by atoms with van der Waals surface area (Å²) in [5.41, 5.74) is 1.14. The van der Waals surface area contributed by atoms with Gasteiger partial charge >= 0.3 is 0 Å². The molecule has 19 heavy (non-hydrogen) atoms. The van der Waals surface area contributed by atoms with Crippen molar-refractivity contribution in [3.05, 3.63) is 57.6 Å². The molecule has 2 aromatic heterocycles. The minimum Gasteiger partial charge on any atom is -0.353 e. The quantitative estimate of drug-likeness (QED) is 0.790. The third kappa shape index (κ3) is 2.63. The van der Waals surface area contributed by atoms with Gasteiger partial charge in [0.25, 0.3) is 0 Å². The van der Waals surface area contributed by atoms with Gasteiger partial charge in [0.2, 0.25) is 0 Å². The average Bonchev–Trinajstić information content (AvgIpc) is 2.42. The fraction of sp³-hybridized carbons (Fsp3) is 0.286. The Hall–Kier alpha value is -1.81. The Morgan fingerprint density at radius 2 is 2.16 bits per heavy atom. The number of hydrogen-bond donors (Lipinski definition) is 0. The van der Waals surface area contributed by atoms with Crippen molar-refractivity contribution in [2.45, 2.75) is 19.5 Å². The molecule has 4 nitrogen and oxygen atoms in total. The van der Waals surface area contributed by atoms with E-state index in [1.807, 2.05) is 12.3 Å². The molecule has 3 rings (SSSR count). The van der Waals surface area contributed by atoms with Gasteiger partial charge in [-0.2, -0.15) is 0 Å². The molecular formula is C14H14ClN3O. The number of halogens is 1. The lowest BCUT2D eigenvalue weighted by atomic mass is 10.2. The third-order valence-electron chi connectivity index (χ3n) is 3.30. The molecule has 1 aliphatic rings. The number of hydrogen-bond acceptors (Lipinski definition) is 3. The number of fused-ring (bicyclic) bond motifs is 1. The van der Waals surface area contributed by atoms with Gasteiger partial charge in [0, 0.05) is 44.2 Å². The summed E-state index contributed by atoms with van der Waals surface area (Å²) < 4.78 is 2.12. The van der Waals surface area contributed by atoms with Crippen molar-refractivity contribution in [3.63, 3.8) is 0 Å². The van der Waals surface area contributed by atoms with E-state index in [0.29, 0.717) is 5.15 Å². The molecule has 0 aliphatic carbocycles. The van der Waals surface area contributed by atoms with Crippen molar-refractivity contribution in [3.8, 4) is 0 Å². The van der Waals surface area contributed by atoms with Crippen LogP contribution in [0.5, 0.6) is 0 Å². The molecule has 0 fully saturated rings. The van der Waals surface area contributed by atoms with E-state index in [0.717, 1.165) is 37.4 Å². The topological polar surface area (TPSA) is 38.1 Å². The zero-order valence-electron chi connectivity index (χ0n) is 10.4. The van der Waals surface area contributed by atoms with Crippen LogP contribution in [0, 0.1) is 0 Å².